The van der Waals surface area contributed by atoms with Crippen LogP contribution in [0.1, 0.15) is 29.2 Å². The molecule has 2 aromatic carbocycles. The van der Waals surface area contributed by atoms with Crippen molar-refractivity contribution in [1.82, 2.24) is 0 Å². The van der Waals surface area contributed by atoms with Gasteiger partial charge >= 0.3 is 11.6 Å². The second-order valence-electron chi connectivity index (χ2n) is 6.32. The first-order valence-electron chi connectivity index (χ1n) is 8.37. The molecule has 5 nitrogen and oxygen atoms in total. The van der Waals surface area contributed by atoms with E-state index in [4.69, 9.17) is 14.3 Å². The lowest BCUT2D eigenvalue weighted by Gasteiger charge is -2.15. The molecule has 1 unspecified atom stereocenters. The predicted molar refractivity (Wildman–Crippen MR) is 98.9 cm³/mol. The molecule has 0 aliphatic heterocycles. The summed E-state index contributed by atoms with van der Waals surface area (Å²) in [6, 6.07) is 13.3. The maximum atomic E-state index is 12.6. The summed E-state index contributed by atoms with van der Waals surface area (Å²) in [7, 11) is 0. The van der Waals surface area contributed by atoms with Crippen LogP contribution in [0, 0.1) is 13.8 Å². The highest BCUT2D eigenvalue weighted by Gasteiger charge is 2.18. The van der Waals surface area contributed by atoms with Gasteiger partial charge in [0.2, 0.25) is 0 Å². The SMILES string of the molecule is Cc1c(Cc2ccccc2)c(=O)oc2c(C)c(OC(C)C(=O)O)ccc12. The quantitative estimate of drug-likeness (QED) is 0.706. The molecule has 1 heterocycles. The van der Waals surface area contributed by atoms with Gasteiger partial charge < -0.3 is 14.3 Å². The van der Waals surface area contributed by atoms with E-state index in [0.29, 0.717) is 28.9 Å². The van der Waals surface area contributed by atoms with Gasteiger partial charge in [0, 0.05) is 22.9 Å². The van der Waals surface area contributed by atoms with Crippen molar-refractivity contribution in [3.8, 4) is 5.75 Å². The number of aliphatic carboxylic acids is 1. The molecule has 0 aliphatic carbocycles. The number of hydrogen-bond acceptors (Lipinski definition) is 4. The van der Waals surface area contributed by atoms with Gasteiger partial charge in [-0.2, -0.15) is 0 Å². The van der Waals surface area contributed by atoms with Crippen LogP contribution in [0.3, 0.4) is 0 Å². The van der Waals surface area contributed by atoms with Crippen LogP contribution in [0.5, 0.6) is 5.75 Å². The van der Waals surface area contributed by atoms with Gasteiger partial charge in [0.05, 0.1) is 0 Å². The van der Waals surface area contributed by atoms with Crippen molar-refractivity contribution in [2.45, 2.75) is 33.3 Å². The summed E-state index contributed by atoms with van der Waals surface area (Å²) < 4.78 is 11.0. The third-order valence-electron chi connectivity index (χ3n) is 4.53. The highest BCUT2D eigenvalue weighted by atomic mass is 16.5. The molecule has 0 fully saturated rings. The van der Waals surface area contributed by atoms with Gasteiger partial charge in [-0.3, -0.25) is 0 Å². The van der Waals surface area contributed by atoms with E-state index in [9.17, 15) is 9.59 Å². The molecule has 0 amide bonds. The van der Waals surface area contributed by atoms with Crippen molar-refractivity contribution in [2.75, 3.05) is 0 Å². The fraction of sp³-hybridized carbons (Fsp3) is 0.238. The molecule has 0 spiro atoms. The summed E-state index contributed by atoms with van der Waals surface area (Å²) in [4.78, 5) is 23.6. The smallest absolute Gasteiger partial charge is 0.344 e. The minimum absolute atomic E-state index is 0.384. The summed E-state index contributed by atoms with van der Waals surface area (Å²) in [6.07, 6.45) is -0.491. The summed E-state index contributed by atoms with van der Waals surface area (Å²) >= 11 is 0. The molecular formula is C21H20O5. The normalized spacial score (nSPS) is 12.1. The lowest BCUT2D eigenvalue weighted by atomic mass is 9.98. The summed E-state index contributed by atoms with van der Waals surface area (Å²) in [5.41, 5.74) is 3.18. The third kappa shape index (κ3) is 3.33. The Kier molecular flexibility index (Phi) is 4.80. The van der Waals surface area contributed by atoms with Crippen LogP contribution in [0.4, 0.5) is 0 Å². The Balaban J connectivity index is 2.07. The molecule has 0 saturated carbocycles. The Labute approximate surface area is 150 Å². The largest absolute Gasteiger partial charge is 0.479 e. The fourth-order valence-electron chi connectivity index (χ4n) is 2.94. The molecule has 1 atom stereocenters. The number of carboxylic acid groups (broad SMARTS) is 1. The van der Waals surface area contributed by atoms with E-state index in [2.05, 4.69) is 0 Å². The van der Waals surface area contributed by atoms with Gasteiger partial charge in [0.15, 0.2) is 6.10 Å². The van der Waals surface area contributed by atoms with Crippen molar-refractivity contribution in [3.05, 3.63) is 75.1 Å². The lowest BCUT2D eigenvalue weighted by Crippen LogP contribution is -2.23. The lowest BCUT2D eigenvalue weighted by molar-refractivity contribution is -0.144. The molecule has 0 bridgehead atoms. The maximum absolute atomic E-state index is 12.6. The summed E-state index contributed by atoms with van der Waals surface area (Å²) in [6.45, 7) is 5.11. The van der Waals surface area contributed by atoms with E-state index >= 15 is 0 Å². The predicted octanol–water partition coefficient (Wildman–Crippen LogP) is 3.85. The van der Waals surface area contributed by atoms with Crippen LogP contribution in [0.25, 0.3) is 11.0 Å². The van der Waals surface area contributed by atoms with E-state index in [-0.39, 0.29) is 5.63 Å². The Morgan fingerprint density at radius 1 is 1.12 bits per heavy atom. The van der Waals surface area contributed by atoms with Crippen LogP contribution < -0.4 is 10.4 Å². The van der Waals surface area contributed by atoms with Gasteiger partial charge in [-0.15, -0.1) is 0 Å². The van der Waals surface area contributed by atoms with E-state index in [1.807, 2.05) is 37.3 Å². The zero-order chi connectivity index (χ0) is 18.8. The van der Waals surface area contributed by atoms with Gasteiger partial charge in [-0.1, -0.05) is 30.3 Å². The van der Waals surface area contributed by atoms with E-state index in [0.717, 1.165) is 16.5 Å². The molecule has 3 rings (SSSR count). The molecular weight excluding hydrogens is 332 g/mol. The molecule has 3 aromatic rings. The molecule has 26 heavy (non-hydrogen) atoms. The molecule has 1 N–H and O–H groups in total. The maximum Gasteiger partial charge on any atom is 0.344 e. The zero-order valence-electron chi connectivity index (χ0n) is 14.9. The van der Waals surface area contributed by atoms with Crippen LogP contribution >= 0.6 is 0 Å². The highest BCUT2D eigenvalue weighted by molar-refractivity contribution is 5.86. The first-order chi connectivity index (χ1) is 12.4. The number of rotatable bonds is 5. The Bertz CT molecular complexity index is 1020. The first kappa shape index (κ1) is 17.7. The minimum Gasteiger partial charge on any atom is -0.479 e. The van der Waals surface area contributed by atoms with Crippen molar-refractivity contribution >= 4 is 16.9 Å². The standard InChI is InChI=1S/C21H20O5/c1-12-16-9-10-18(25-14(3)20(22)23)13(2)19(16)26-21(24)17(12)11-15-7-5-4-6-8-15/h4-10,14H,11H2,1-3H3,(H,22,23). The average Bonchev–Trinajstić information content (AvgIpc) is 2.62. The number of fused-ring (bicyclic) bond motifs is 1. The second kappa shape index (κ2) is 7.04. The Morgan fingerprint density at radius 2 is 1.81 bits per heavy atom. The van der Waals surface area contributed by atoms with Crippen molar-refractivity contribution in [2.24, 2.45) is 0 Å². The van der Waals surface area contributed by atoms with Crippen LogP contribution in [0.15, 0.2) is 51.7 Å². The summed E-state index contributed by atoms with van der Waals surface area (Å²) in [5.74, 6) is -0.661. The Hall–Kier alpha value is -3.08. The van der Waals surface area contributed by atoms with Gasteiger partial charge in [0.1, 0.15) is 11.3 Å². The molecule has 0 radical (unpaired) electrons. The second-order valence-corrected chi connectivity index (χ2v) is 6.32. The van der Waals surface area contributed by atoms with Crippen molar-refractivity contribution in [1.29, 1.82) is 0 Å². The number of carboxylic acids is 1. The molecule has 0 aliphatic rings. The third-order valence-corrected chi connectivity index (χ3v) is 4.53. The molecule has 0 saturated heterocycles. The van der Waals surface area contributed by atoms with E-state index in [1.165, 1.54) is 6.92 Å². The number of ether oxygens (including phenoxy) is 1. The molecule has 5 heteroatoms. The molecule has 1 aromatic heterocycles. The fourth-order valence-corrected chi connectivity index (χ4v) is 2.94. The number of carbonyl (C=O) groups is 1. The highest BCUT2D eigenvalue weighted by Crippen LogP contribution is 2.30. The van der Waals surface area contributed by atoms with Gasteiger partial charge in [-0.25, -0.2) is 9.59 Å². The number of benzene rings is 2. The van der Waals surface area contributed by atoms with Crippen LogP contribution in [0.2, 0.25) is 0 Å². The zero-order valence-corrected chi connectivity index (χ0v) is 14.9. The first-order valence-corrected chi connectivity index (χ1v) is 8.37. The van der Waals surface area contributed by atoms with Crippen molar-refractivity contribution in [3.63, 3.8) is 0 Å². The average molecular weight is 352 g/mol. The van der Waals surface area contributed by atoms with E-state index < -0.39 is 12.1 Å². The van der Waals surface area contributed by atoms with E-state index in [1.54, 1.807) is 19.1 Å². The minimum atomic E-state index is -1.06. The van der Waals surface area contributed by atoms with Gasteiger partial charge in [0.25, 0.3) is 0 Å². The topological polar surface area (TPSA) is 76.7 Å². The van der Waals surface area contributed by atoms with Gasteiger partial charge in [-0.05, 0) is 44.0 Å². The summed E-state index contributed by atoms with van der Waals surface area (Å²) in [5, 5.41) is 9.84. The van der Waals surface area contributed by atoms with Crippen LogP contribution in [-0.2, 0) is 11.2 Å². The number of aryl methyl sites for hydroxylation is 2. The monoisotopic (exact) mass is 352 g/mol. The molecule has 134 valence electrons. The van der Waals surface area contributed by atoms with Crippen molar-refractivity contribution < 1.29 is 19.1 Å². The number of hydrogen-bond donors (Lipinski definition) is 1. The Morgan fingerprint density at radius 3 is 2.46 bits per heavy atom. The van der Waals surface area contributed by atoms with Crippen LogP contribution in [-0.4, -0.2) is 17.2 Å².